The highest BCUT2D eigenvalue weighted by Gasteiger charge is 2.24. The van der Waals surface area contributed by atoms with Crippen molar-refractivity contribution < 1.29 is 29.0 Å². The number of amides is 3. The van der Waals surface area contributed by atoms with Crippen LogP contribution in [0, 0.1) is 12.8 Å². The number of hydrogen-bond donors (Lipinski definition) is 6. The molecule has 1 aliphatic rings. The number of piperidine rings is 1. The molecule has 10 nitrogen and oxygen atoms in total. The third-order valence-corrected chi connectivity index (χ3v) is 6.74. The molecule has 0 bridgehead atoms. The lowest BCUT2D eigenvalue weighted by Gasteiger charge is -2.22. The summed E-state index contributed by atoms with van der Waals surface area (Å²) >= 11 is 3.95. The number of unbranched alkanes of at least 4 members (excludes halogenated alkanes) is 1. The van der Waals surface area contributed by atoms with E-state index in [4.69, 9.17) is 9.84 Å². The minimum absolute atomic E-state index is 0.00928. The molecule has 1 aromatic carbocycles. The Morgan fingerprint density at radius 2 is 1.69 bits per heavy atom. The zero-order valence-corrected chi connectivity index (χ0v) is 24.4. The van der Waals surface area contributed by atoms with Crippen molar-refractivity contribution in [2.45, 2.75) is 77.8 Å². The van der Waals surface area contributed by atoms with Crippen molar-refractivity contribution in [1.82, 2.24) is 21.3 Å². The van der Waals surface area contributed by atoms with Crippen molar-refractivity contribution in [3.63, 3.8) is 0 Å². The van der Waals surface area contributed by atoms with Crippen molar-refractivity contribution in [3.05, 3.63) is 29.8 Å². The molecule has 0 aliphatic carbocycles. The van der Waals surface area contributed by atoms with E-state index in [1.165, 1.54) is 50.8 Å². The van der Waals surface area contributed by atoms with Crippen molar-refractivity contribution in [3.8, 4) is 5.75 Å². The van der Waals surface area contributed by atoms with E-state index in [2.05, 4.69) is 65.1 Å². The summed E-state index contributed by atoms with van der Waals surface area (Å²) in [4.78, 5) is 45.3. The first-order chi connectivity index (χ1) is 18.7. The Bertz CT molecular complexity index is 877. The van der Waals surface area contributed by atoms with Gasteiger partial charge in [0.15, 0.2) is 0 Å². The summed E-state index contributed by atoms with van der Waals surface area (Å²) in [5.74, 6) is -0.647. The highest BCUT2D eigenvalue weighted by atomic mass is 32.1. The van der Waals surface area contributed by atoms with Gasteiger partial charge in [-0.15, -0.1) is 0 Å². The molecule has 5 N–H and O–H groups in total. The molecular weight excluding hydrogens is 520 g/mol. The number of ether oxygens (including phenoxy) is 1. The largest absolute Gasteiger partial charge is 0.494 e. The second-order valence-corrected chi connectivity index (χ2v) is 9.96. The van der Waals surface area contributed by atoms with Gasteiger partial charge in [0.1, 0.15) is 17.8 Å². The monoisotopic (exact) mass is 566 g/mol. The Labute approximate surface area is 237 Å². The third kappa shape index (κ3) is 15.4. The first-order valence-corrected chi connectivity index (χ1v) is 14.4. The maximum Gasteiger partial charge on any atom is 0.326 e. The quantitative estimate of drug-likeness (QED) is 0.141. The lowest BCUT2D eigenvalue weighted by atomic mass is 9.93. The number of thiol groups is 1. The number of aliphatic carboxylic acids is 1. The van der Waals surface area contributed by atoms with Crippen molar-refractivity contribution in [2.75, 3.05) is 32.0 Å². The summed E-state index contributed by atoms with van der Waals surface area (Å²) in [6.07, 6.45) is 7.05. The van der Waals surface area contributed by atoms with Crippen LogP contribution >= 0.6 is 12.6 Å². The number of carbonyl (C=O) groups is 4. The van der Waals surface area contributed by atoms with Crippen LogP contribution in [0.1, 0.15) is 64.4 Å². The van der Waals surface area contributed by atoms with Crippen LogP contribution in [0.15, 0.2) is 24.3 Å². The predicted molar refractivity (Wildman–Crippen MR) is 155 cm³/mol. The Kier molecular flexibility index (Phi) is 17.7. The van der Waals surface area contributed by atoms with Crippen LogP contribution in [0.2, 0.25) is 0 Å². The summed E-state index contributed by atoms with van der Waals surface area (Å²) in [5.41, 5.74) is 1.29. The molecule has 0 aromatic heterocycles. The van der Waals surface area contributed by atoms with Crippen molar-refractivity contribution >= 4 is 36.3 Å². The third-order valence-electron chi connectivity index (χ3n) is 6.38. The molecule has 220 valence electrons. The van der Waals surface area contributed by atoms with Gasteiger partial charge >= 0.3 is 5.97 Å². The van der Waals surface area contributed by atoms with Crippen LogP contribution in [0.4, 0.5) is 0 Å². The second kappa shape index (κ2) is 20.2. The predicted octanol–water partition coefficient (Wildman–Crippen LogP) is 2.45. The van der Waals surface area contributed by atoms with Gasteiger partial charge in [-0.1, -0.05) is 38.0 Å². The van der Waals surface area contributed by atoms with E-state index in [1.807, 2.05) is 0 Å². The minimum atomic E-state index is -1.15. The SMILES string of the molecule is CCC(=O)NCC(=O)NC(CS)C(=O)NC(CC)C(=O)O.Cc1ccc(OCCCCC2CCNCC2)cc1. The van der Waals surface area contributed by atoms with Crippen LogP contribution in [0.5, 0.6) is 5.75 Å². The smallest absolute Gasteiger partial charge is 0.326 e. The highest BCUT2D eigenvalue weighted by molar-refractivity contribution is 7.80. The molecule has 2 unspecified atom stereocenters. The number of carbonyl (C=O) groups excluding carboxylic acids is 3. The number of aryl methyl sites for hydroxylation is 1. The molecule has 1 aliphatic heterocycles. The fourth-order valence-electron chi connectivity index (χ4n) is 3.88. The van der Waals surface area contributed by atoms with E-state index in [0.717, 1.165) is 18.3 Å². The molecule has 1 aromatic rings. The lowest BCUT2D eigenvalue weighted by Crippen LogP contribution is -2.53. The molecule has 3 amide bonds. The Morgan fingerprint density at radius 1 is 1.03 bits per heavy atom. The zero-order chi connectivity index (χ0) is 29.0. The number of hydrogen-bond acceptors (Lipinski definition) is 7. The number of carboxylic acid groups (broad SMARTS) is 1. The molecule has 0 saturated carbocycles. The van der Waals surface area contributed by atoms with Crippen LogP contribution in [0.3, 0.4) is 0 Å². The molecule has 0 radical (unpaired) electrons. The van der Waals surface area contributed by atoms with Gasteiger partial charge in [-0.05, 0) is 70.2 Å². The Balaban J connectivity index is 0.000000393. The van der Waals surface area contributed by atoms with E-state index in [0.29, 0.717) is 0 Å². The van der Waals surface area contributed by atoms with Gasteiger partial charge in [0.05, 0.1) is 13.2 Å². The van der Waals surface area contributed by atoms with Crippen molar-refractivity contribution in [1.29, 1.82) is 0 Å². The molecule has 1 fully saturated rings. The van der Waals surface area contributed by atoms with Crippen molar-refractivity contribution in [2.24, 2.45) is 5.92 Å². The molecule has 2 atom stereocenters. The standard InChI is InChI=1S/C16H25NO.C12H21N3O5S/c1-14-5-7-16(8-6-14)18-13-3-2-4-15-9-11-17-12-10-15;1-3-7(12(19)20)15-11(18)8(6-21)14-10(17)5-13-9(16)4-2/h5-8,15,17H,2-4,9-13H2,1H3;7-8,21H,3-6H2,1-2H3,(H,13,16)(H,14,17)(H,15,18)(H,19,20). The Morgan fingerprint density at radius 3 is 2.26 bits per heavy atom. The average Bonchev–Trinajstić information content (AvgIpc) is 2.94. The van der Waals surface area contributed by atoms with Crippen LogP contribution in [0.25, 0.3) is 0 Å². The van der Waals surface area contributed by atoms with E-state index in [-0.39, 0.29) is 31.0 Å². The maximum atomic E-state index is 11.9. The molecule has 0 spiro atoms. The summed E-state index contributed by atoms with van der Waals surface area (Å²) in [5, 5.41) is 19.3. The Hall–Kier alpha value is -2.79. The first-order valence-electron chi connectivity index (χ1n) is 13.8. The van der Waals surface area contributed by atoms with Crippen LogP contribution < -0.4 is 26.0 Å². The summed E-state index contributed by atoms with van der Waals surface area (Å²) < 4.78 is 5.74. The van der Waals surface area contributed by atoms with Gasteiger partial charge in [-0.25, -0.2) is 4.79 Å². The first kappa shape index (κ1) is 34.2. The molecular formula is C28H46N4O6S. The van der Waals surface area contributed by atoms with Gasteiger partial charge in [0, 0.05) is 12.2 Å². The van der Waals surface area contributed by atoms with Crippen LogP contribution in [-0.4, -0.2) is 72.9 Å². The number of rotatable bonds is 15. The lowest BCUT2D eigenvalue weighted by molar-refractivity contribution is -0.142. The number of benzene rings is 1. The molecule has 39 heavy (non-hydrogen) atoms. The van der Waals surface area contributed by atoms with Gasteiger partial charge in [0.25, 0.3) is 0 Å². The minimum Gasteiger partial charge on any atom is -0.494 e. The summed E-state index contributed by atoms with van der Waals surface area (Å²) in [7, 11) is 0. The maximum absolute atomic E-state index is 11.9. The normalized spacial score (nSPS) is 14.7. The van der Waals surface area contributed by atoms with E-state index in [1.54, 1.807) is 13.8 Å². The van der Waals surface area contributed by atoms with Gasteiger partial charge in [-0.3, -0.25) is 14.4 Å². The van der Waals surface area contributed by atoms with Gasteiger partial charge in [0.2, 0.25) is 17.7 Å². The van der Waals surface area contributed by atoms with E-state index < -0.39 is 29.9 Å². The number of nitrogens with one attached hydrogen (secondary N) is 4. The molecule has 1 heterocycles. The number of carboxylic acids is 1. The highest BCUT2D eigenvalue weighted by Crippen LogP contribution is 2.19. The summed E-state index contributed by atoms with van der Waals surface area (Å²) in [6, 6.07) is 6.34. The molecule has 1 saturated heterocycles. The zero-order valence-electron chi connectivity index (χ0n) is 23.5. The van der Waals surface area contributed by atoms with E-state index >= 15 is 0 Å². The van der Waals surface area contributed by atoms with Gasteiger partial charge < -0.3 is 31.1 Å². The molecule has 2 rings (SSSR count). The summed E-state index contributed by atoms with van der Waals surface area (Å²) in [6.45, 7) is 8.40. The average molecular weight is 567 g/mol. The second-order valence-electron chi connectivity index (χ2n) is 9.59. The van der Waals surface area contributed by atoms with E-state index in [9.17, 15) is 19.2 Å². The van der Waals surface area contributed by atoms with Crippen LogP contribution in [-0.2, 0) is 19.2 Å². The van der Waals surface area contributed by atoms with Gasteiger partial charge in [-0.2, -0.15) is 12.6 Å². The topological polar surface area (TPSA) is 146 Å². The fourth-order valence-corrected chi connectivity index (χ4v) is 4.14. The fraction of sp³-hybridized carbons (Fsp3) is 0.643. The molecule has 11 heteroatoms.